The first kappa shape index (κ1) is 7.11. The monoisotopic (exact) mass is 203 g/mol. The van der Waals surface area contributed by atoms with Gasteiger partial charge in [-0.05, 0) is 38.3 Å². The molecule has 2 atom stereocenters. The molecule has 0 spiro atoms. The number of nitrogens with zero attached hydrogens (tertiary/aromatic N) is 1. The van der Waals surface area contributed by atoms with Crippen molar-refractivity contribution >= 4 is 15.9 Å². The third-order valence-corrected chi connectivity index (χ3v) is 3.78. The van der Waals surface area contributed by atoms with Crippen LogP contribution >= 0.6 is 15.9 Å². The molecule has 0 aliphatic carbocycles. The predicted molar refractivity (Wildman–Crippen MR) is 46.5 cm³/mol. The summed E-state index contributed by atoms with van der Waals surface area (Å²) in [4.78, 5) is 2.66. The lowest BCUT2D eigenvalue weighted by molar-refractivity contribution is 0.301. The standard InChI is InChI=1S/C8H14BrN/c9-6-7-3-5-10-4-1-2-8(7)10/h7-8H,1-6H2. The van der Waals surface area contributed by atoms with Gasteiger partial charge in [-0.15, -0.1) is 0 Å². The predicted octanol–water partition coefficient (Wildman–Crippen LogP) is 1.87. The van der Waals surface area contributed by atoms with Gasteiger partial charge < -0.3 is 4.90 Å². The van der Waals surface area contributed by atoms with Gasteiger partial charge in [-0.2, -0.15) is 0 Å². The van der Waals surface area contributed by atoms with Gasteiger partial charge in [0, 0.05) is 11.4 Å². The van der Waals surface area contributed by atoms with Gasteiger partial charge in [-0.1, -0.05) is 15.9 Å². The first-order valence-electron chi connectivity index (χ1n) is 4.22. The lowest BCUT2D eigenvalue weighted by atomic mass is 10.0. The van der Waals surface area contributed by atoms with Gasteiger partial charge in [0.05, 0.1) is 0 Å². The van der Waals surface area contributed by atoms with Crippen LogP contribution in [0, 0.1) is 5.92 Å². The highest BCUT2D eigenvalue weighted by molar-refractivity contribution is 9.09. The smallest absolute Gasteiger partial charge is 0.0132 e. The minimum absolute atomic E-state index is 0.944. The molecule has 2 saturated heterocycles. The summed E-state index contributed by atoms with van der Waals surface area (Å²) in [5.74, 6) is 0.961. The van der Waals surface area contributed by atoms with Gasteiger partial charge >= 0.3 is 0 Å². The zero-order valence-electron chi connectivity index (χ0n) is 6.22. The van der Waals surface area contributed by atoms with E-state index in [-0.39, 0.29) is 0 Å². The van der Waals surface area contributed by atoms with E-state index in [9.17, 15) is 0 Å². The molecule has 0 bridgehead atoms. The molecule has 2 unspecified atom stereocenters. The van der Waals surface area contributed by atoms with Crippen LogP contribution in [0.5, 0.6) is 0 Å². The van der Waals surface area contributed by atoms with Crippen molar-refractivity contribution in [3.8, 4) is 0 Å². The van der Waals surface area contributed by atoms with Crippen LogP contribution in [-0.4, -0.2) is 29.4 Å². The van der Waals surface area contributed by atoms with Crippen molar-refractivity contribution in [2.24, 2.45) is 5.92 Å². The normalized spacial score (nSPS) is 40.5. The van der Waals surface area contributed by atoms with Crippen molar-refractivity contribution in [1.29, 1.82) is 0 Å². The Morgan fingerprint density at radius 1 is 1.30 bits per heavy atom. The maximum atomic E-state index is 3.59. The van der Waals surface area contributed by atoms with Crippen molar-refractivity contribution in [2.45, 2.75) is 25.3 Å². The van der Waals surface area contributed by atoms with Crippen molar-refractivity contribution in [2.75, 3.05) is 18.4 Å². The van der Waals surface area contributed by atoms with E-state index in [0.29, 0.717) is 0 Å². The Morgan fingerprint density at radius 2 is 2.20 bits per heavy atom. The lowest BCUT2D eigenvalue weighted by Crippen LogP contribution is -2.26. The van der Waals surface area contributed by atoms with Crippen LogP contribution in [0.4, 0.5) is 0 Å². The molecule has 0 aromatic carbocycles. The molecule has 2 rings (SSSR count). The fourth-order valence-electron chi connectivity index (χ4n) is 2.37. The molecular weight excluding hydrogens is 190 g/mol. The highest BCUT2D eigenvalue weighted by Gasteiger charge is 2.35. The minimum atomic E-state index is 0.944. The van der Waals surface area contributed by atoms with Gasteiger partial charge in [0.1, 0.15) is 0 Å². The summed E-state index contributed by atoms with van der Waals surface area (Å²) in [6, 6.07) is 0.944. The average Bonchev–Trinajstić information content (AvgIpc) is 2.44. The van der Waals surface area contributed by atoms with Crippen molar-refractivity contribution in [3.63, 3.8) is 0 Å². The summed E-state index contributed by atoms with van der Waals surface area (Å²) >= 11 is 3.59. The molecule has 2 heteroatoms. The van der Waals surface area contributed by atoms with Crippen molar-refractivity contribution in [1.82, 2.24) is 4.90 Å². The molecule has 0 aromatic heterocycles. The van der Waals surface area contributed by atoms with Crippen LogP contribution in [0.25, 0.3) is 0 Å². The summed E-state index contributed by atoms with van der Waals surface area (Å²) in [6.45, 7) is 2.73. The largest absolute Gasteiger partial charge is 0.300 e. The summed E-state index contributed by atoms with van der Waals surface area (Å²) in [7, 11) is 0. The van der Waals surface area contributed by atoms with Crippen LogP contribution < -0.4 is 0 Å². The Bertz CT molecular complexity index is 126. The van der Waals surface area contributed by atoms with Crippen molar-refractivity contribution in [3.05, 3.63) is 0 Å². The number of hydrogen-bond acceptors (Lipinski definition) is 1. The van der Waals surface area contributed by atoms with Crippen molar-refractivity contribution < 1.29 is 0 Å². The van der Waals surface area contributed by atoms with Gasteiger partial charge in [-0.25, -0.2) is 0 Å². The first-order valence-corrected chi connectivity index (χ1v) is 5.34. The van der Waals surface area contributed by atoms with Gasteiger partial charge in [-0.3, -0.25) is 0 Å². The SMILES string of the molecule is BrCC1CCN2CCCC12. The molecule has 2 aliphatic rings. The topological polar surface area (TPSA) is 3.24 Å². The second kappa shape index (κ2) is 2.82. The van der Waals surface area contributed by atoms with E-state index in [1.165, 1.54) is 37.7 Å². The highest BCUT2D eigenvalue weighted by Crippen LogP contribution is 2.33. The van der Waals surface area contributed by atoms with Crippen LogP contribution in [0.15, 0.2) is 0 Å². The Balaban J connectivity index is 2.01. The molecule has 2 heterocycles. The number of alkyl halides is 1. The minimum Gasteiger partial charge on any atom is -0.300 e. The van der Waals surface area contributed by atoms with Gasteiger partial charge in [0.25, 0.3) is 0 Å². The Morgan fingerprint density at radius 3 is 3.00 bits per heavy atom. The Labute approximate surface area is 70.9 Å². The molecule has 1 nitrogen and oxygen atoms in total. The zero-order chi connectivity index (χ0) is 6.97. The van der Waals surface area contributed by atoms with E-state index in [1.54, 1.807) is 0 Å². The van der Waals surface area contributed by atoms with E-state index >= 15 is 0 Å². The molecule has 0 N–H and O–H groups in total. The molecule has 2 aliphatic heterocycles. The zero-order valence-corrected chi connectivity index (χ0v) is 7.81. The second-order valence-electron chi connectivity index (χ2n) is 3.45. The quantitative estimate of drug-likeness (QED) is 0.589. The van der Waals surface area contributed by atoms with E-state index < -0.39 is 0 Å². The molecule has 0 saturated carbocycles. The molecule has 2 fully saturated rings. The summed E-state index contributed by atoms with van der Waals surface area (Å²) in [5, 5.41) is 1.22. The van der Waals surface area contributed by atoms with Crippen LogP contribution in [-0.2, 0) is 0 Å². The number of fused-ring (bicyclic) bond motifs is 1. The van der Waals surface area contributed by atoms with E-state index in [0.717, 1.165) is 12.0 Å². The van der Waals surface area contributed by atoms with E-state index in [2.05, 4.69) is 20.8 Å². The second-order valence-corrected chi connectivity index (χ2v) is 4.10. The molecule has 10 heavy (non-hydrogen) atoms. The first-order chi connectivity index (χ1) is 4.92. The molecule has 0 amide bonds. The number of hydrogen-bond donors (Lipinski definition) is 0. The highest BCUT2D eigenvalue weighted by atomic mass is 79.9. The van der Waals surface area contributed by atoms with Crippen LogP contribution in [0.1, 0.15) is 19.3 Å². The maximum Gasteiger partial charge on any atom is 0.0132 e. The molecule has 0 aromatic rings. The van der Waals surface area contributed by atoms with Gasteiger partial charge in [0.2, 0.25) is 0 Å². The molecular formula is C8H14BrN. The molecule has 0 radical (unpaired) electrons. The maximum absolute atomic E-state index is 3.59. The average molecular weight is 204 g/mol. The lowest BCUT2D eigenvalue weighted by Gasteiger charge is -2.17. The molecule has 58 valence electrons. The van der Waals surface area contributed by atoms with E-state index in [1.807, 2.05) is 0 Å². The summed E-state index contributed by atoms with van der Waals surface area (Å²) in [5.41, 5.74) is 0. The fraction of sp³-hybridized carbons (Fsp3) is 1.00. The number of rotatable bonds is 1. The number of halogens is 1. The Hall–Kier alpha value is 0.440. The van der Waals surface area contributed by atoms with Crippen LogP contribution in [0.2, 0.25) is 0 Å². The fourth-order valence-corrected chi connectivity index (χ4v) is 3.12. The third-order valence-electron chi connectivity index (χ3n) is 2.94. The summed E-state index contributed by atoms with van der Waals surface area (Å²) < 4.78 is 0. The van der Waals surface area contributed by atoms with E-state index in [4.69, 9.17) is 0 Å². The van der Waals surface area contributed by atoms with Crippen LogP contribution in [0.3, 0.4) is 0 Å². The Kier molecular flexibility index (Phi) is 2.01. The van der Waals surface area contributed by atoms with Gasteiger partial charge in [0.15, 0.2) is 0 Å². The third kappa shape index (κ3) is 1.02. The summed E-state index contributed by atoms with van der Waals surface area (Å²) in [6.07, 6.45) is 4.32.